The molecule has 106 valence electrons. The number of hydrogen-bond acceptors (Lipinski definition) is 2. The van der Waals surface area contributed by atoms with Crippen molar-refractivity contribution in [3.8, 4) is 0 Å². The van der Waals surface area contributed by atoms with Gasteiger partial charge in [-0.1, -0.05) is 22.9 Å². The molecule has 1 heterocycles. The molecule has 0 aliphatic carbocycles. The van der Waals surface area contributed by atoms with Crippen molar-refractivity contribution in [1.82, 2.24) is 5.32 Å². The lowest BCUT2D eigenvalue weighted by atomic mass is 9.88. The third-order valence-electron chi connectivity index (χ3n) is 3.77. The van der Waals surface area contributed by atoms with Gasteiger partial charge in [-0.25, -0.2) is 4.39 Å². The smallest absolute Gasteiger partial charge is 0.128 e. The normalized spacial score (nSPS) is 24.6. The van der Waals surface area contributed by atoms with Crippen molar-refractivity contribution in [1.29, 1.82) is 0 Å². The lowest BCUT2D eigenvalue weighted by Crippen LogP contribution is -2.33. The third kappa shape index (κ3) is 3.56. The standard InChI is InChI=1S/C15H21BrFNO/c1-3-7-18-15(12-6-8-19-10(12)2)13-9-11(16)4-5-14(13)17/h4-5,9-10,12,15,18H,3,6-8H2,1-2H3. The Hall–Kier alpha value is -0.450. The second-order valence-electron chi connectivity index (χ2n) is 5.13. The Labute approximate surface area is 122 Å². The molecule has 1 aromatic carbocycles. The molecule has 4 heteroatoms. The largest absolute Gasteiger partial charge is 0.378 e. The van der Waals surface area contributed by atoms with Crippen molar-refractivity contribution >= 4 is 15.9 Å². The highest BCUT2D eigenvalue weighted by Crippen LogP contribution is 2.35. The molecule has 2 rings (SSSR count). The summed E-state index contributed by atoms with van der Waals surface area (Å²) < 4.78 is 20.7. The minimum absolute atomic E-state index is 0.0231. The first-order chi connectivity index (χ1) is 9.13. The fourth-order valence-electron chi connectivity index (χ4n) is 2.73. The molecular weight excluding hydrogens is 309 g/mol. The summed E-state index contributed by atoms with van der Waals surface area (Å²) in [5, 5.41) is 3.49. The maximum absolute atomic E-state index is 14.1. The number of halogens is 2. The van der Waals surface area contributed by atoms with E-state index in [1.165, 1.54) is 6.07 Å². The molecule has 2 nitrogen and oxygen atoms in total. The quantitative estimate of drug-likeness (QED) is 0.879. The van der Waals surface area contributed by atoms with Crippen LogP contribution in [0.25, 0.3) is 0 Å². The number of rotatable bonds is 5. The molecule has 1 saturated heterocycles. The van der Waals surface area contributed by atoms with Gasteiger partial charge in [0.25, 0.3) is 0 Å². The average molecular weight is 330 g/mol. The van der Waals surface area contributed by atoms with Crippen molar-refractivity contribution in [2.75, 3.05) is 13.2 Å². The lowest BCUT2D eigenvalue weighted by Gasteiger charge is -2.28. The first-order valence-electron chi connectivity index (χ1n) is 6.93. The van der Waals surface area contributed by atoms with E-state index in [2.05, 4.69) is 35.1 Å². The number of hydrogen-bond donors (Lipinski definition) is 1. The van der Waals surface area contributed by atoms with Crippen molar-refractivity contribution < 1.29 is 9.13 Å². The predicted molar refractivity (Wildman–Crippen MR) is 78.7 cm³/mol. The summed E-state index contributed by atoms with van der Waals surface area (Å²) in [6.07, 6.45) is 2.19. The zero-order valence-electron chi connectivity index (χ0n) is 11.5. The van der Waals surface area contributed by atoms with Crippen LogP contribution in [0.1, 0.15) is 38.3 Å². The lowest BCUT2D eigenvalue weighted by molar-refractivity contribution is 0.0949. The highest BCUT2D eigenvalue weighted by Gasteiger charge is 2.33. The van der Waals surface area contributed by atoms with Gasteiger partial charge in [-0.15, -0.1) is 0 Å². The molecule has 0 spiro atoms. The van der Waals surface area contributed by atoms with Crippen molar-refractivity contribution in [3.05, 3.63) is 34.1 Å². The number of ether oxygens (including phenoxy) is 1. The van der Waals surface area contributed by atoms with Crippen LogP contribution in [0.3, 0.4) is 0 Å². The van der Waals surface area contributed by atoms with Gasteiger partial charge in [0.15, 0.2) is 0 Å². The van der Waals surface area contributed by atoms with Crippen LogP contribution in [-0.4, -0.2) is 19.3 Å². The topological polar surface area (TPSA) is 21.3 Å². The molecule has 0 saturated carbocycles. The summed E-state index contributed by atoms with van der Waals surface area (Å²) in [5.41, 5.74) is 0.741. The molecule has 1 aliphatic rings. The fraction of sp³-hybridized carbons (Fsp3) is 0.600. The zero-order chi connectivity index (χ0) is 13.8. The molecule has 19 heavy (non-hydrogen) atoms. The highest BCUT2D eigenvalue weighted by atomic mass is 79.9. The van der Waals surface area contributed by atoms with Gasteiger partial charge < -0.3 is 10.1 Å². The van der Waals surface area contributed by atoms with Crippen molar-refractivity contribution in [2.45, 2.75) is 38.8 Å². The monoisotopic (exact) mass is 329 g/mol. The fourth-order valence-corrected chi connectivity index (χ4v) is 3.11. The molecule has 3 unspecified atom stereocenters. The van der Waals surface area contributed by atoms with Gasteiger partial charge in [0.05, 0.1) is 6.10 Å². The molecule has 0 aromatic heterocycles. The third-order valence-corrected chi connectivity index (χ3v) is 4.26. The van der Waals surface area contributed by atoms with Crippen molar-refractivity contribution in [3.63, 3.8) is 0 Å². The van der Waals surface area contributed by atoms with Gasteiger partial charge in [0, 0.05) is 28.6 Å². The number of benzene rings is 1. The van der Waals surface area contributed by atoms with Crippen LogP contribution >= 0.6 is 15.9 Å². The van der Waals surface area contributed by atoms with E-state index in [1.807, 2.05) is 6.07 Å². The molecule has 1 N–H and O–H groups in total. The molecule has 3 atom stereocenters. The van der Waals surface area contributed by atoms with Crippen LogP contribution in [0.2, 0.25) is 0 Å². The van der Waals surface area contributed by atoms with E-state index in [4.69, 9.17) is 4.74 Å². The van der Waals surface area contributed by atoms with Crippen LogP contribution in [0.4, 0.5) is 4.39 Å². The van der Waals surface area contributed by atoms with Gasteiger partial charge in [0.1, 0.15) is 5.82 Å². The van der Waals surface area contributed by atoms with E-state index in [9.17, 15) is 4.39 Å². The summed E-state index contributed by atoms with van der Waals surface area (Å²) in [6, 6.07) is 5.17. The van der Waals surface area contributed by atoms with Crippen LogP contribution in [0.5, 0.6) is 0 Å². The Morgan fingerprint density at radius 3 is 2.95 bits per heavy atom. The summed E-state index contributed by atoms with van der Waals surface area (Å²) in [6.45, 7) is 5.86. The van der Waals surface area contributed by atoms with Gasteiger partial charge in [-0.2, -0.15) is 0 Å². The van der Waals surface area contributed by atoms with E-state index in [0.29, 0.717) is 5.92 Å². The molecule has 1 aliphatic heterocycles. The molecule has 1 aromatic rings. The van der Waals surface area contributed by atoms with E-state index in [1.54, 1.807) is 6.07 Å². The summed E-state index contributed by atoms with van der Waals surface area (Å²) in [7, 11) is 0. The van der Waals surface area contributed by atoms with E-state index < -0.39 is 0 Å². The van der Waals surface area contributed by atoms with Gasteiger partial charge >= 0.3 is 0 Å². The zero-order valence-corrected chi connectivity index (χ0v) is 13.0. The van der Waals surface area contributed by atoms with Crippen LogP contribution in [0, 0.1) is 11.7 Å². The second kappa shape index (κ2) is 6.82. The van der Waals surface area contributed by atoms with Gasteiger partial charge in [-0.3, -0.25) is 0 Å². The SMILES string of the molecule is CCCNC(c1cc(Br)ccc1F)C1CCOC1C. The van der Waals surface area contributed by atoms with E-state index in [0.717, 1.165) is 36.0 Å². The second-order valence-corrected chi connectivity index (χ2v) is 6.04. The average Bonchev–Trinajstić information content (AvgIpc) is 2.80. The Kier molecular flexibility index (Phi) is 5.37. The predicted octanol–water partition coefficient (Wildman–Crippen LogP) is 4.05. The minimum Gasteiger partial charge on any atom is -0.378 e. The van der Waals surface area contributed by atoms with Crippen LogP contribution in [0.15, 0.2) is 22.7 Å². The Morgan fingerprint density at radius 1 is 1.53 bits per heavy atom. The Morgan fingerprint density at radius 2 is 2.32 bits per heavy atom. The highest BCUT2D eigenvalue weighted by molar-refractivity contribution is 9.10. The first kappa shape index (κ1) is 14.9. The number of nitrogens with one attached hydrogen (secondary N) is 1. The van der Waals surface area contributed by atoms with Gasteiger partial charge in [0.2, 0.25) is 0 Å². The Bertz CT molecular complexity index is 427. The maximum atomic E-state index is 14.1. The summed E-state index contributed by atoms with van der Waals surface area (Å²) >= 11 is 3.43. The first-order valence-corrected chi connectivity index (χ1v) is 7.72. The molecule has 1 fully saturated rings. The minimum atomic E-state index is -0.143. The summed E-state index contributed by atoms with van der Waals surface area (Å²) in [4.78, 5) is 0. The molecule has 0 bridgehead atoms. The molecular formula is C15H21BrFNO. The van der Waals surface area contributed by atoms with Gasteiger partial charge in [-0.05, 0) is 44.5 Å². The van der Waals surface area contributed by atoms with E-state index >= 15 is 0 Å². The van der Waals surface area contributed by atoms with Crippen LogP contribution < -0.4 is 5.32 Å². The maximum Gasteiger partial charge on any atom is 0.128 e. The Balaban J connectivity index is 2.28. The van der Waals surface area contributed by atoms with Crippen molar-refractivity contribution in [2.24, 2.45) is 5.92 Å². The molecule has 0 amide bonds. The summed E-state index contributed by atoms with van der Waals surface area (Å²) in [5.74, 6) is 0.186. The van der Waals surface area contributed by atoms with Crippen LogP contribution in [-0.2, 0) is 4.74 Å². The molecule has 0 radical (unpaired) electrons. The van der Waals surface area contributed by atoms with E-state index in [-0.39, 0.29) is 18.0 Å².